The molecule has 1 aliphatic rings. The summed E-state index contributed by atoms with van der Waals surface area (Å²) in [5, 5.41) is 14.6. The topological polar surface area (TPSA) is 119 Å². The van der Waals surface area contributed by atoms with E-state index in [0.717, 1.165) is 5.56 Å². The van der Waals surface area contributed by atoms with E-state index in [4.69, 9.17) is 4.52 Å². The molecule has 2 aromatic heterocycles. The molecule has 0 radical (unpaired) electrons. The molecule has 1 aromatic carbocycles. The number of aryl methyl sites for hydroxylation is 1. The van der Waals surface area contributed by atoms with Crippen LogP contribution in [0.3, 0.4) is 0 Å². The van der Waals surface area contributed by atoms with E-state index in [1.807, 2.05) is 30.3 Å². The highest BCUT2D eigenvalue weighted by atomic mass is 16.5. The van der Waals surface area contributed by atoms with E-state index in [2.05, 4.69) is 25.8 Å². The van der Waals surface area contributed by atoms with Crippen LogP contribution in [0.15, 0.2) is 41.1 Å². The van der Waals surface area contributed by atoms with Crippen molar-refractivity contribution in [1.29, 1.82) is 0 Å². The maximum Gasteiger partial charge on any atom is 0.280 e. The van der Waals surface area contributed by atoms with Gasteiger partial charge in [-0.3, -0.25) is 9.59 Å². The Labute approximate surface area is 166 Å². The maximum atomic E-state index is 12.4. The molecule has 150 valence electrons. The lowest BCUT2D eigenvalue weighted by Crippen LogP contribution is -2.34. The fourth-order valence-corrected chi connectivity index (χ4v) is 3.25. The van der Waals surface area contributed by atoms with Gasteiger partial charge in [0.1, 0.15) is 0 Å². The minimum Gasteiger partial charge on any atom is -0.354 e. The number of nitrogens with one attached hydrogen (secondary N) is 1. The summed E-state index contributed by atoms with van der Waals surface area (Å²) in [4.78, 5) is 30.5. The second-order valence-corrected chi connectivity index (χ2v) is 6.97. The second kappa shape index (κ2) is 8.21. The zero-order chi connectivity index (χ0) is 20.2. The monoisotopic (exact) mass is 395 g/mol. The minimum atomic E-state index is -0.334. The Morgan fingerprint density at radius 3 is 2.90 bits per heavy atom. The summed E-state index contributed by atoms with van der Waals surface area (Å²) in [5.74, 6) is 0.375. The van der Waals surface area contributed by atoms with Crippen LogP contribution in [0.1, 0.15) is 17.8 Å². The van der Waals surface area contributed by atoms with Crippen molar-refractivity contribution in [2.75, 3.05) is 13.1 Å². The first-order valence-corrected chi connectivity index (χ1v) is 9.39. The van der Waals surface area contributed by atoms with E-state index in [9.17, 15) is 9.59 Å². The van der Waals surface area contributed by atoms with Gasteiger partial charge in [-0.25, -0.2) is 4.68 Å². The molecule has 1 atom stereocenters. The third-order valence-corrected chi connectivity index (χ3v) is 4.73. The van der Waals surface area contributed by atoms with Gasteiger partial charge >= 0.3 is 0 Å². The molecule has 3 heterocycles. The number of carbonyl (C=O) groups excluding carboxylic acids is 2. The third-order valence-electron chi connectivity index (χ3n) is 4.73. The van der Waals surface area contributed by atoms with Gasteiger partial charge in [0, 0.05) is 26.1 Å². The first-order valence-electron chi connectivity index (χ1n) is 9.39. The second-order valence-electron chi connectivity index (χ2n) is 6.97. The number of benzene rings is 1. The third kappa shape index (κ3) is 4.48. The fraction of sp³-hybridized carbons (Fsp3) is 0.368. The fourth-order valence-electron chi connectivity index (χ4n) is 3.25. The molecule has 1 fully saturated rings. The van der Waals surface area contributed by atoms with Crippen molar-refractivity contribution in [1.82, 2.24) is 35.4 Å². The Hall–Kier alpha value is -3.56. The number of aromatic nitrogens is 5. The Bertz CT molecular complexity index is 998. The Balaban J connectivity index is 1.25. The highest BCUT2D eigenvalue weighted by Gasteiger charge is 2.34. The number of rotatable bonds is 7. The largest absolute Gasteiger partial charge is 0.354 e. The van der Waals surface area contributed by atoms with Gasteiger partial charge in [0.15, 0.2) is 11.5 Å². The van der Waals surface area contributed by atoms with Crippen LogP contribution in [-0.2, 0) is 22.7 Å². The molecule has 0 bridgehead atoms. The van der Waals surface area contributed by atoms with Crippen molar-refractivity contribution < 1.29 is 14.1 Å². The molecular formula is C19H21N7O3. The van der Waals surface area contributed by atoms with Crippen LogP contribution in [0.4, 0.5) is 0 Å². The highest BCUT2D eigenvalue weighted by molar-refractivity contribution is 5.89. The van der Waals surface area contributed by atoms with Crippen molar-refractivity contribution >= 4 is 11.8 Å². The Morgan fingerprint density at radius 2 is 2.14 bits per heavy atom. The molecule has 1 N–H and O–H groups in total. The molecular weight excluding hydrogens is 374 g/mol. The molecule has 29 heavy (non-hydrogen) atoms. The standard InChI is InChI=1S/C19H21N7O3/c1-13-21-19(29-23-13)16-12-26(24-22-16)8-7-20-18(28)15-9-17(27)25(11-15)10-14-5-3-2-4-6-14/h2-6,12,15H,7-11H2,1H3,(H,20,28)/t15-/m0/s1. The molecule has 2 amide bonds. The van der Waals surface area contributed by atoms with Gasteiger partial charge < -0.3 is 14.7 Å². The first-order chi connectivity index (χ1) is 14.1. The van der Waals surface area contributed by atoms with Gasteiger partial charge in [-0.1, -0.05) is 40.7 Å². The quantitative estimate of drug-likeness (QED) is 0.628. The smallest absolute Gasteiger partial charge is 0.280 e. The summed E-state index contributed by atoms with van der Waals surface area (Å²) in [6.45, 7) is 3.51. The number of likely N-dealkylation sites (tertiary alicyclic amines) is 1. The minimum absolute atomic E-state index is 0.00442. The van der Waals surface area contributed by atoms with Crippen molar-refractivity contribution in [2.45, 2.75) is 26.4 Å². The van der Waals surface area contributed by atoms with E-state index in [1.165, 1.54) is 0 Å². The molecule has 4 rings (SSSR count). The van der Waals surface area contributed by atoms with Crippen molar-refractivity contribution in [3.8, 4) is 11.6 Å². The molecule has 0 aliphatic carbocycles. The zero-order valence-electron chi connectivity index (χ0n) is 16.0. The van der Waals surface area contributed by atoms with Crippen LogP contribution in [-0.4, -0.2) is 54.9 Å². The van der Waals surface area contributed by atoms with Crippen LogP contribution < -0.4 is 5.32 Å². The molecule has 0 spiro atoms. The predicted molar refractivity (Wildman–Crippen MR) is 101 cm³/mol. The van der Waals surface area contributed by atoms with Crippen LogP contribution in [0, 0.1) is 12.8 Å². The van der Waals surface area contributed by atoms with Gasteiger partial charge in [0.25, 0.3) is 5.89 Å². The number of nitrogens with zero attached hydrogens (tertiary/aromatic N) is 6. The van der Waals surface area contributed by atoms with Gasteiger partial charge in [0.2, 0.25) is 11.8 Å². The number of hydrogen-bond donors (Lipinski definition) is 1. The molecule has 0 saturated carbocycles. The first kappa shape index (κ1) is 18.8. The SMILES string of the molecule is Cc1noc(-c2cn(CCNC(=O)[C@H]3CC(=O)N(Cc4ccccc4)C3)nn2)n1. The van der Waals surface area contributed by atoms with Crippen LogP contribution in [0.2, 0.25) is 0 Å². The number of carbonyl (C=O) groups is 2. The predicted octanol–water partition coefficient (Wildman–Crippen LogP) is 0.801. The average Bonchev–Trinajstić information content (AvgIpc) is 3.44. The highest BCUT2D eigenvalue weighted by Crippen LogP contribution is 2.20. The van der Waals surface area contributed by atoms with Gasteiger partial charge in [-0.2, -0.15) is 4.98 Å². The van der Waals surface area contributed by atoms with Gasteiger partial charge in [-0.05, 0) is 12.5 Å². The summed E-state index contributed by atoms with van der Waals surface area (Å²) in [7, 11) is 0. The average molecular weight is 395 g/mol. The molecule has 1 aliphatic heterocycles. The van der Waals surface area contributed by atoms with Crippen LogP contribution in [0.5, 0.6) is 0 Å². The molecule has 3 aromatic rings. The Kier molecular flexibility index (Phi) is 5.32. The lowest BCUT2D eigenvalue weighted by Gasteiger charge is -2.16. The van der Waals surface area contributed by atoms with Gasteiger partial charge in [0.05, 0.1) is 18.7 Å². The summed E-state index contributed by atoms with van der Waals surface area (Å²) in [5.41, 5.74) is 1.54. The summed E-state index contributed by atoms with van der Waals surface area (Å²) < 4.78 is 6.65. The molecule has 10 heteroatoms. The number of hydrogen-bond acceptors (Lipinski definition) is 7. The summed E-state index contributed by atoms with van der Waals surface area (Å²) >= 11 is 0. The van der Waals surface area contributed by atoms with E-state index in [1.54, 1.807) is 22.7 Å². The number of amides is 2. The zero-order valence-corrected chi connectivity index (χ0v) is 16.0. The summed E-state index contributed by atoms with van der Waals surface area (Å²) in [6, 6.07) is 9.77. The normalized spacial score (nSPS) is 16.4. The molecule has 10 nitrogen and oxygen atoms in total. The van der Waals surface area contributed by atoms with Crippen molar-refractivity contribution in [3.63, 3.8) is 0 Å². The lowest BCUT2D eigenvalue weighted by molar-refractivity contribution is -0.129. The molecule has 1 saturated heterocycles. The Morgan fingerprint density at radius 1 is 1.31 bits per heavy atom. The summed E-state index contributed by atoms with van der Waals surface area (Å²) in [6.07, 6.45) is 1.92. The van der Waals surface area contributed by atoms with Crippen LogP contribution >= 0.6 is 0 Å². The van der Waals surface area contributed by atoms with Crippen molar-refractivity contribution in [2.24, 2.45) is 5.92 Å². The van der Waals surface area contributed by atoms with E-state index in [0.29, 0.717) is 43.6 Å². The lowest BCUT2D eigenvalue weighted by atomic mass is 10.1. The van der Waals surface area contributed by atoms with E-state index < -0.39 is 0 Å². The van der Waals surface area contributed by atoms with E-state index in [-0.39, 0.29) is 24.2 Å². The molecule has 0 unspecified atom stereocenters. The van der Waals surface area contributed by atoms with Gasteiger partial charge in [-0.15, -0.1) is 5.10 Å². The van der Waals surface area contributed by atoms with Crippen molar-refractivity contribution in [3.05, 3.63) is 47.9 Å². The maximum absolute atomic E-state index is 12.4. The van der Waals surface area contributed by atoms with E-state index >= 15 is 0 Å². The van der Waals surface area contributed by atoms with Crippen LogP contribution in [0.25, 0.3) is 11.6 Å².